The summed E-state index contributed by atoms with van der Waals surface area (Å²) in [7, 11) is 0. The maximum absolute atomic E-state index is 6.23. The van der Waals surface area contributed by atoms with Crippen molar-refractivity contribution in [2.75, 3.05) is 0 Å². The zero-order valence-corrected chi connectivity index (χ0v) is 9.45. The number of ether oxygens (including phenoxy) is 2. The molecule has 2 nitrogen and oxygen atoms in total. The lowest BCUT2D eigenvalue weighted by atomic mass is 9.92. The Labute approximate surface area is 91.6 Å². The molecule has 1 spiro atoms. The highest BCUT2D eigenvalue weighted by molar-refractivity contribution is 5.04. The molecule has 0 radical (unpaired) electrons. The first-order chi connectivity index (χ1) is 7.29. The van der Waals surface area contributed by atoms with E-state index in [-0.39, 0.29) is 5.79 Å². The van der Waals surface area contributed by atoms with Gasteiger partial charge in [-0.25, -0.2) is 0 Å². The van der Waals surface area contributed by atoms with Crippen LogP contribution in [-0.4, -0.2) is 18.0 Å². The van der Waals surface area contributed by atoms with Crippen molar-refractivity contribution >= 4 is 0 Å². The summed E-state index contributed by atoms with van der Waals surface area (Å²) in [6.07, 6.45) is 12.3. The van der Waals surface area contributed by atoms with E-state index < -0.39 is 0 Å². The standard InChI is InChI=1S/C13H20O2/c1-10-6-5-7-11-12(10)15-13(14-11)8-3-2-4-9-13/h5-6,10-12H,2-4,7-9H2,1H3/t10-,11-,12+/m0/s1. The Kier molecular flexibility index (Phi) is 2.37. The van der Waals surface area contributed by atoms with Crippen LogP contribution in [0.25, 0.3) is 0 Å². The molecule has 2 aliphatic carbocycles. The molecule has 0 N–H and O–H groups in total. The van der Waals surface area contributed by atoms with Gasteiger partial charge >= 0.3 is 0 Å². The molecule has 1 aliphatic heterocycles. The van der Waals surface area contributed by atoms with E-state index in [4.69, 9.17) is 9.47 Å². The third-order valence-electron chi connectivity index (χ3n) is 4.03. The van der Waals surface area contributed by atoms with Crippen molar-refractivity contribution in [3.63, 3.8) is 0 Å². The smallest absolute Gasteiger partial charge is 0.169 e. The van der Waals surface area contributed by atoms with Crippen LogP contribution in [0.1, 0.15) is 45.4 Å². The minimum atomic E-state index is -0.201. The number of rotatable bonds is 0. The molecule has 0 bridgehead atoms. The Hall–Kier alpha value is -0.340. The van der Waals surface area contributed by atoms with Gasteiger partial charge in [-0.05, 0) is 19.3 Å². The Bertz CT molecular complexity index is 266. The molecule has 1 saturated carbocycles. The lowest BCUT2D eigenvalue weighted by Crippen LogP contribution is -2.34. The van der Waals surface area contributed by atoms with Crippen molar-refractivity contribution in [1.29, 1.82) is 0 Å². The predicted octanol–water partition coefficient (Wildman–Crippen LogP) is 3.03. The average molecular weight is 208 g/mol. The van der Waals surface area contributed by atoms with Crippen LogP contribution in [0.2, 0.25) is 0 Å². The van der Waals surface area contributed by atoms with Gasteiger partial charge in [0, 0.05) is 18.8 Å². The zero-order chi connectivity index (χ0) is 10.3. The molecule has 0 unspecified atom stereocenters. The lowest BCUT2D eigenvalue weighted by Gasteiger charge is -2.32. The van der Waals surface area contributed by atoms with Gasteiger partial charge in [-0.1, -0.05) is 25.5 Å². The third-order valence-corrected chi connectivity index (χ3v) is 4.03. The van der Waals surface area contributed by atoms with E-state index in [1.165, 1.54) is 19.3 Å². The highest BCUT2D eigenvalue weighted by atomic mass is 16.8. The summed E-state index contributed by atoms with van der Waals surface area (Å²) in [4.78, 5) is 0. The number of hydrogen-bond acceptors (Lipinski definition) is 2. The van der Waals surface area contributed by atoms with E-state index in [9.17, 15) is 0 Å². The Balaban J connectivity index is 1.76. The van der Waals surface area contributed by atoms with Crippen LogP contribution in [0.15, 0.2) is 12.2 Å². The van der Waals surface area contributed by atoms with Gasteiger partial charge in [-0.2, -0.15) is 0 Å². The predicted molar refractivity (Wildman–Crippen MR) is 58.5 cm³/mol. The van der Waals surface area contributed by atoms with Crippen molar-refractivity contribution in [1.82, 2.24) is 0 Å². The number of hydrogen-bond donors (Lipinski definition) is 0. The fourth-order valence-corrected chi connectivity index (χ4v) is 3.19. The summed E-state index contributed by atoms with van der Waals surface area (Å²) in [5.74, 6) is 0.318. The van der Waals surface area contributed by atoms with Crippen molar-refractivity contribution in [3.05, 3.63) is 12.2 Å². The van der Waals surface area contributed by atoms with Crippen molar-refractivity contribution < 1.29 is 9.47 Å². The summed E-state index contributed by atoms with van der Waals surface area (Å²) in [6, 6.07) is 0. The van der Waals surface area contributed by atoms with Gasteiger partial charge < -0.3 is 9.47 Å². The highest BCUT2D eigenvalue weighted by Gasteiger charge is 2.49. The van der Waals surface area contributed by atoms with Gasteiger partial charge in [0.1, 0.15) is 0 Å². The summed E-state index contributed by atoms with van der Waals surface area (Å²) in [5, 5.41) is 0. The Morgan fingerprint density at radius 1 is 1.13 bits per heavy atom. The molecule has 3 rings (SSSR count). The molecule has 0 aromatic carbocycles. The second kappa shape index (κ2) is 3.60. The van der Waals surface area contributed by atoms with E-state index in [0.29, 0.717) is 18.1 Å². The van der Waals surface area contributed by atoms with Crippen LogP contribution >= 0.6 is 0 Å². The van der Waals surface area contributed by atoms with E-state index >= 15 is 0 Å². The van der Waals surface area contributed by atoms with Gasteiger partial charge in [0.25, 0.3) is 0 Å². The molecular weight excluding hydrogens is 188 g/mol. The molecule has 3 atom stereocenters. The summed E-state index contributed by atoms with van der Waals surface area (Å²) in [5.41, 5.74) is 0. The van der Waals surface area contributed by atoms with Crippen LogP contribution in [0.4, 0.5) is 0 Å². The summed E-state index contributed by atoms with van der Waals surface area (Å²) >= 11 is 0. The first-order valence-corrected chi connectivity index (χ1v) is 6.31. The van der Waals surface area contributed by atoms with E-state index in [2.05, 4.69) is 19.1 Å². The fourth-order valence-electron chi connectivity index (χ4n) is 3.19. The molecule has 0 aromatic heterocycles. The summed E-state index contributed by atoms with van der Waals surface area (Å²) in [6.45, 7) is 2.23. The average Bonchev–Trinajstić information content (AvgIpc) is 2.59. The van der Waals surface area contributed by atoms with E-state index in [1.54, 1.807) is 0 Å². The largest absolute Gasteiger partial charge is 0.344 e. The SMILES string of the molecule is C[C@H]1C=CC[C@@H]2OC3(CCCCC3)O[C@@H]21. The maximum atomic E-state index is 6.23. The summed E-state index contributed by atoms with van der Waals surface area (Å²) < 4.78 is 12.4. The molecular formula is C13H20O2. The first kappa shape index (κ1) is 9.86. The van der Waals surface area contributed by atoms with Gasteiger partial charge in [0.05, 0.1) is 12.2 Å². The van der Waals surface area contributed by atoms with Crippen LogP contribution in [-0.2, 0) is 9.47 Å². The van der Waals surface area contributed by atoms with Gasteiger partial charge in [-0.3, -0.25) is 0 Å². The van der Waals surface area contributed by atoms with Crippen LogP contribution in [0.3, 0.4) is 0 Å². The minimum Gasteiger partial charge on any atom is -0.344 e. The van der Waals surface area contributed by atoms with Crippen LogP contribution in [0.5, 0.6) is 0 Å². The second-order valence-electron chi connectivity index (χ2n) is 5.23. The molecule has 0 amide bonds. The number of fused-ring (bicyclic) bond motifs is 1. The fraction of sp³-hybridized carbons (Fsp3) is 0.846. The molecule has 0 aromatic rings. The van der Waals surface area contributed by atoms with E-state index in [1.807, 2.05) is 0 Å². The van der Waals surface area contributed by atoms with Gasteiger partial charge in [0.15, 0.2) is 5.79 Å². The highest BCUT2D eigenvalue weighted by Crippen LogP contribution is 2.44. The normalized spacial score (nSPS) is 43.1. The Morgan fingerprint density at radius 2 is 1.93 bits per heavy atom. The Morgan fingerprint density at radius 3 is 2.67 bits per heavy atom. The van der Waals surface area contributed by atoms with Crippen LogP contribution < -0.4 is 0 Å². The molecule has 1 heterocycles. The molecule has 15 heavy (non-hydrogen) atoms. The maximum Gasteiger partial charge on any atom is 0.169 e. The van der Waals surface area contributed by atoms with Crippen molar-refractivity contribution in [2.24, 2.45) is 5.92 Å². The topological polar surface area (TPSA) is 18.5 Å². The molecule has 1 saturated heterocycles. The molecule has 3 aliphatic rings. The quantitative estimate of drug-likeness (QED) is 0.570. The van der Waals surface area contributed by atoms with Gasteiger partial charge in [0.2, 0.25) is 0 Å². The molecule has 2 fully saturated rings. The first-order valence-electron chi connectivity index (χ1n) is 6.31. The minimum absolute atomic E-state index is 0.201. The van der Waals surface area contributed by atoms with Gasteiger partial charge in [-0.15, -0.1) is 0 Å². The third kappa shape index (κ3) is 1.64. The second-order valence-corrected chi connectivity index (χ2v) is 5.23. The van der Waals surface area contributed by atoms with Crippen molar-refractivity contribution in [3.8, 4) is 0 Å². The van der Waals surface area contributed by atoms with Crippen molar-refractivity contribution in [2.45, 2.75) is 63.4 Å². The molecule has 2 heteroatoms. The lowest BCUT2D eigenvalue weighted by molar-refractivity contribution is -0.195. The monoisotopic (exact) mass is 208 g/mol. The van der Waals surface area contributed by atoms with Crippen LogP contribution in [0, 0.1) is 5.92 Å². The zero-order valence-electron chi connectivity index (χ0n) is 9.45. The van der Waals surface area contributed by atoms with E-state index in [0.717, 1.165) is 19.3 Å². The molecule has 84 valence electrons.